The van der Waals surface area contributed by atoms with E-state index in [1.54, 1.807) is 12.1 Å². The number of anilines is 1. The van der Waals surface area contributed by atoms with Gasteiger partial charge in [-0.05, 0) is 19.1 Å². The number of ether oxygens (including phenoxy) is 1. The molecule has 4 nitrogen and oxygen atoms in total. The largest absolute Gasteiger partial charge is 0.375 e. The van der Waals surface area contributed by atoms with Crippen LogP contribution < -0.4 is 10.6 Å². The summed E-state index contributed by atoms with van der Waals surface area (Å²) in [5.74, 6) is -0.715. The molecule has 1 heterocycles. The Balaban J connectivity index is 0.00000162. The summed E-state index contributed by atoms with van der Waals surface area (Å²) in [5, 5.41) is 5.60. The maximum atomic E-state index is 13.3. The normalized spacial score (nSPS) is 23.0. The first-order valence-electron chi connectivity index (χ1n) is 5.59. The standard InChI is InChI=1S/C12H15FN2O2.ClH/c1-8-11(14-6-7-17-8)12(16)15-10-5-3-2-4-9(10)13;/h2-5,8,11,14H,6-7H2,1H3,(H,15,16);1H/t8-,11+;/m1./s1. The molecule has 1 aromatic carbocycles. The number of morpholine rings is 1. The van der Waals surface area contributed by atoms with E-state index in [2.05, 4.69) is 10.6 Å². The minimum atomic E-state index is -0.441. The summed E-state index contributed by atoms with van der Waals surface area (Å²) in [6.07, 6.45) is -0.212. The predicted octanol–water partition coefficient (Wildman–Crippen LogP) is 1.56. The van der Waals surface area contributed by atoms with Gasteiger partial charge in [-0.25, -0.2) is 4.39 Å². The molecule has 100 valence electrons. The Morgan fingerprint density at radius 2 is 2.22 bits per heavy atom. The van der Waals surface area contributed by atoms with Crippen molar-refractivity contribution in [2.45, 2.75) is 19.1 Å². The fourth-order valence-corrected chi connectivity index (χ4v) is 1.80. The van der Waals surface area contributed by atoms with Crippen molar-refractivity contribution in [3.63, 3.8) is 0 Å². The van der Waals surface area contributed by atoms with Crippen molar-refractivity contribution >= 4 is 24.0 Å². The van der Waals surface area contributed by atoms with Crippen LogP contribution in [0.3, 0.4) is 0 Å². The first-order chi connectivity index (χ1) is 8.18. The van der Waals surface area contributed by atoms with Gasteiger partial charge in [0.05, 0.1) is 18.4 Å². The van der Waals surface area contributed by atoms with Crippen molar-refractivity contribution in [3.05, 3.63) is 30.1 Å². The zero-order valence-corrected chi connectivity index (χ0v) is 10.8. The lowest BCUT2D eigenvalue weighted by Gasteiger charge is -2.29. The first kappa shape index (κ1) is 14.9. The van der Waals surface area contributed by atoms with Crippen LogP contribution in [0.2, 0.25) is 0 Å². The second-order valence-electron chi connectivity index (χ2n) is 3.98. The molecule has 2 rings (SSSR count). The van der Waals surface area contributed by atoms with E-state index >= 15 is 0 Å². The molecule has 1 saturated heterocycles. The van der Waals surface area contributed by atoms with Gasteiger partial charge in [0, 0.05) is 6.54 Å². The number of carbonyl (C=O) groups excluding carboxylic acids is 1. The maximum absolute atomic E-state index is 13.3. The van der Waals surface area contributed by atoms with Gasteiger partial charge in [-0.1, -0.05) is 12.1 Å². The Labute approximate surface area is 111 Å². The lowest BCUT2D eigenvalue weighted by molar-refractivity contribution is -0.123. The summed E-state index contributed by atoms with van der Waals surface area (Å²) < 4.78 is 18.7. The highest BCUT2D eigenvalue weighted by molar-refractivity contribution is 5.95. The monoisotopic (exact) mass is 274 g/mol. The van der Waals surface area contributed by atoms with Crippen LogP contribution in [-0.2, 0) is 9.53 Å². The van der Waals surface area contributed by atoms with Gasteiger partial charge in [0.1, 0.15) is 11.9 Å². The van der Waals surface area contributed by atoms with Crippen LogP contribution in [0.4, 0.5) is 10.1 Å². The number of amides is 1. The first-order valence-corrected chi connectivity index (χ1v) is 5.59. The average Bonchev–Trinajstić information content (AvgIpc) is 2.32. The third-order valence-electron chi connectivity index (χ3n) is 2.73. The van der Waals surface area contributed by atoms with Crippen LogP contribution in [-0.4, -0.2) is 31.2 Å². The topological polar surface area (TPSA) is 50.4 Å². The SMILES string of the molecule is C[C@H]1OCCN[C@@H]1C(=O)Nc1ccccc1F.Cl. The van der Waals surface area contributed by atoms with Gasteiger partial charge in [0.25, 0.3) is 0 Å². The second kappa shape index (κ2) is 6.68. The Bertz CT molecular complexity index is 417. The molecule has 18 heavy (non-hydrogen) atoms. The lowest BCUT2D eigenvalue weighted by atomic mass is 10.1. The van der Waals surface area contributed by atoms with E-state index in [1.165, 1.54) is 12.1 Å². The minimum Gasteiger partial charge on any atom is -0.375 e. The number of para-hydroxylation sites is 1. The molecule has 0 saturated carbocycles. The highest BCUT2D eigenvalue weighted by Crippen LogP contribution is 2.14. The number of hydrogen-bond donors (Lipinski definition) is 2. The smallest absolute Gasteiger partial charge is 0.244 e. The molecule has 0 bridgehead atoms. The average molecular weight is 275 g/mol. The van der Waals surface area contributed by atoms with Gasteiger partial charge in [-0.3, -0.25) is 4.79 Å². The summed E-state index contributed by atoms with van der Waals surface area (Å²) in [5.41, 5.74) is 0.192. The van der Waals surface area contributed by atoms with E-state index in [0.29, 0.717) is 13.2 Å². The summed E-state index contributed by atoms with van der Waals surface area (Å²) >= 11 is 0. The molecule has 1 fully saturated rings. The zero-order valence-electron chi connectivity index (χ0n) is 9.98. The molecule has 6 heteroatoms. The molecule has 2 N–H and O–H groups in total. The zero-order chi connectivity index (χ0) is 12.3. The molecule has 0 spiro atoms. The van der Waals surface area contributed by atoms with Gasteiger partial charge in [-0.15, -0.1) is 12.4 Å². The van der Waals surface area contributed by atoms with E-state index < -0.39 is 11.9 Å². The van der Waals surface area contributed by atoms with Crippen LogP contribution in [0.15, 0.2) is 24.3 Å². The van der Waals surface area contributed by atoms with Gasteiger partial charge in [-0.2, -0.15) is 0 Å². The van der Waals surface area contributed by atoms with Crippen molar-refractivity contribution < 1.29 is 13.9 Å². The van der Waals surface area contributed by atoms with Crippen LogP contribution in [0, 0.1) is 5.82 Å². The minimum absolute atomic E-state index is 0. The molecule has 0 unspecified atom stereocenters. The van der Waals surface area contributed by atoms with E-state index in [-0.39, 0.29) is 30.1 Å². The predicted molar refractivity (Wildman–Crippen MR) is 69.5 cm³/mol. The third kappa shape index (κ3) is 3.41. The molecular weight excluding hydrogens is 259 g/mol. The number of hydrogen-bond acceptors (Lipinski definition) is 3. The molecule has 1 aliphatic heterocycles. The van der Waals surface area contributed by atoms with E-state index in [0.717, 1.165) is 0 Å². The highest BCUT2D eigenvalue weighted by atomic mass is 35.5. The lowest BCUT2D eigenvalue weighted by Crippen LogP contribution is -2.53. The maximum Gasteiger partial charge on any atom is 0.244 e. The number of rotatable bonds is 2. The molecule has 1 aromatic rings. The van der Waals surface area contributed by atoms with Gasteiger partial charge >= 0.3 is 0 Å². The van der Waals surface area contributed by atoms with E-state index in [4.69, 9.17) is 4.74 Å². The second-order valence-corrected chi connectivity index (χ2v) is 3.98. The quantitative estimate of drug-likeness (QED) is 0.861. The summed E-state index contributed by atoms with van der Waals surface area (Å²) in [7, 11) is 0. The van der Waals surface area contributed by atoms with Crippen molar-refractivity contribution in [1.29, 1.82) is 0 Å². The highest BCUT2D eigenvalue weighted by Gasteiger charge is 2.28. The fraction of sp³-hybridized carbons (Fsp3) is 0.417. The molecular formula is C12H16ClFN2O2. The molecule has 2 atom stereocenters. The molecule has 1 amide bonds. The van der Waals surface area contributed by atoms with E-state index in [9.17, 15) is 9.18 Å². The van der Waals surface area contributed by atoms with Crippen molar-refractivity contribution in [1.82, 2.24) is 5.32 Å². The molecule has 0 radical (unpaired) electrons. The van der Waals surface area contributed by atoms with Crippen molar-refractivity contribution in [3.8, 4) is 0 Å². The van der Waals surface area contributed by atoms with Gasteiger partial charge in [0.2, 0.25) is 5.91 Å². The third-order valence-corrected chi connectivity index (χ3v) is 2.73. The number of benzene rings is 1. The summed E-state index contributed by atoms with van der Waals surface area (Å²) in [4.78, 5) is 11.9. The Hall–Kier alpha value is -1.17. The Morgan fingerprint density at radius 1 is 1.50 bits per heavy atom. The van der Waals surface area contributed by atoms with Crippen LogP contribution in [0.1, 0.15) is 6.92 Å². The van der Waals surface area contributed by atoms with Gasteiger partial charge in [0.15, 0.2) is 0 Å². The van der Waals surface area contributed by atoms with Gasteiger partial charge < -0.3 is 15.4 Å². The number of halogens is 2. The Kier molecular flexibility index (Phi) is 5.53. The number of carbonyl (C=O) groups is 1. The Morgan fingerprint density at radius 3 is 2.89 bits per heavy atom. The summed E-state index contributed by atoms with van der Waals surface area (Å²) in [6.45, 7) is 3.03. The van der Waals surface area contributed by atoms with Crippen LogP contribution in [0.25, 0.3) is 0 Å². The number of nitrogens with one attached hydrogen (secondary N) is 2. The summed E-state index contributed by atoms with van der Waals surface area (Å²) in [6, 6.07) is 5.65. The molecule has 1 aliphatic rings. The fourth-order valence-electron chi connectivity index (χ4n) is 1.80. The van der Waals surface area contributed by atoms with Crippen LogP contribution in [0.5, 0.6) is 0 Å². The van der Waals surface area contributed by atoms with Crippen molar-refractivity contribution in [2.75, 3.05) is 18.5 Å². The van der Waals surface area contributed by atoms with Crippen molar-refractivity contribution in [2.24, 2.45) is 0 Å². The molecule has 0 aromatic heterocycles. The molecule has 0 aliphatic carbocycles. The van der Waals surface area contributed by atoms with E-state index in [1.807, 2.05) is 6.92 Å². The van der Waals surface area contributed by atoms with Crippen LogP contribution >= 0.6 is 12.4 Å².